The Morgan fingerprint density at radius 2 is 2.58 bits per heavy atom. The van der Waals surface area contributed by atoms with Crippen molar-refractivity contribution in [2.24, 2.45) is 5.92 Å². The number of methoxy groups -OCH3 is 1. The zero-order valence-corrected chi connectivity index (χ0v) is 7.20. The van der Waals surface area contributed by atoms with E-state index in [-0.39, 0.29) is 11.9 Å². The number of ether oxygens (including phenoxy) is 1. The summed E-state index contributed by atoms with van der Waals surface area (Å²) in [6.45, 7) is 1.83. The van der Waals surface area contributed by atoms with Gasteiger partial charge in [-0.3, -0.25) is 4.79 Å². The number of aromatic nitrogens is 2. The van der Waals surface area contributed by atoms with Crippen LogP contribution in [0.1, 0.15) is 12.6 Å². The standard InChI is InChI=1S/C8H12N2O2/c1-6(8(11)12-2)3-7-4-9-5-10-7/h4-6H,3H2,1-2H3,(H,9,10)/t6-/m1/s1. The number of hydrogen-bond donors (Lipinski definition) is 1. The number of carbonyl (C=O) groups is 1. The van der Waals surface area contributed by atoms with E-state index >= 15 is 0 Å². The van der Waals surface area contributed by atoms with Gasteiger partial charge in [-0.15, -0.1) is 0 Å². The predicted octanol–water partition coefficient (Wildman–Crippen LogP) is 0.761. The molecule has 0 aliphatic rings. The van der Waals surface area contributed by atoms with Crippen molar-refractivity contribution in [1.29, 1.82) is 0 Å². The number of nitrogens with zero attached hydrogens (tertiary/aromatic N) is 1. The summed E-state index contributed by atoms with van der Waals surface area (Å²) in [6, 6.07) is 0. The highest BCUT2D eigenvalue weighted by molar-refractivity contribution is 5.72. The third kappa shape index (κ3) is 2.08. The summed E-state index contributed by atoms with van der Waals surface area (Å²) in [5, 5.41) is 0. The van der Waals surface area contributed by atoms with Gasteiger partial charge in [0.1, 0.15) is 0 Å². The average Bonchev–Trinajstić information content (AvgIpc) is 2.55. The van der Waals surface area contributed by atoms with E-state index in [0.29, 0.717) is 6.42 Å². The number of hydrogen-bond acceptors (Lipinski definition) is 3. The number of aromatic amines is 1. The van der Waals surface area contributed by atoms with Gasteiger partial charge in [-0.05, 0) is 0 Å². The lowest BCUT2D eigenvalue weighted by atomic mass is 10.1. The molecule has 0 saturated heterocycles. The average molecular weight is 168 g/mol. The van der Waals surface area contributed by atoms with Crippen molar-refractivity contribution in [3.8, 4) is 0 Å². The van der Waals surface area contributed by atoms with Crippen LogP contribution in [-0.4, -0.2) is 23.0 Å². The monoisotopic (exact) mass is 168 g/mol. The van der Waals surface area contributed by atoms with E-state index in [0.717, 1.165) is 5.69 Å². The van der Waals surface area contributed by atoms with Crippen LogP contribution in [-0.2, 0) is 16.0 Å². The molecule has 1 rings (SSSR count). The van der Waals surface area contributed by atoms with Crippen molar-refractivity contribution < 1.29 is 9.53 Å². The Balaban J connectivity index is 2.47. The molecule has 4 nitrogen and oxygen atoms in total. The first-order valence-corrected chi connectivity index (χ1v) is 3.79. The van der Waals surface area contributed by atoms with E-state index < -0.39 is 0 Å². The molecule has 0 saturated carbocycles. The molecule has 1 aromatic heterocycles. The molecule has 0 radical (unpaired) electrons. The number of H-pyrrole nitrogens is 1. The van der Waals surface area contributed by atoms with Gasteiger partial charge in [-0.25, -0.2) is 4.98 Å². The minimum absolute atomic E-state index is 0.115. The third-order valence-electron chi connectivity index (χ3n) is 1.68. The molecule has 1 atom stereocenters. The summed E-state index contributed by atoms with van der Waals surface area (Å²) >= 11 is 0. The van der Waals surface area contributed by atoms with Crippen LogP contribution in [0, 0.1) is 5.92 Å². The van der Waals surface area contributed by atoms with E-state index in [1.807, 2.05) is 6.92 Å². The molecule has 0 unspecified atom stereocenters. The molecule has 0 aromatic carbocycles. The summed E-state index contributed by atoms with van der Waals surface area (Å²) < 4.78 is 4.59. The van der Waals surface area contributed by atoms with Crippen molar-refractivity contribution in [1.82, 2.24) is 9.97 Å². The zero-order chi connectivity index (χ0) is 8.97. The van der Waals surface area contributed by atoms with Gasteiger partial charge in [0.2, 0.25) is 0 Å². The van der Waals surface area contributed by atoms with Crippen molar-refractivity contribution in [3.63, 3.8) is 0 Å². The molecular formula is C8H12N2O2. The minimum Gasteiger partial charge on any atom is -0.469 e. The Morgan fingerprint density at radius 3 is 3.08 bits per heavy atom. The van der Waals surface area contributed by atoms with Gasteiger partial charge < -0.3 is 9.72 Å². The van der Waals surface area contributed by atoms with Crippen LogP contribution >= 0.6 is 0 Å². The maximum absolute atomic E-state index is 11.0. The van der Waals surface area contributed by atoms with Crippen LogP contribution in [0.15, 0.2) is 12.5 Å². The summed E-state index contributed by atoms with van der Waals surface area (Å²) in [4.78, 5) is 17.8. The van der Waals surface area contributed by atoms with Crippen LogP contribution in [0.25, 0.3) is 0 Å². The fourth-order valence-electron chi connectivity index (χ4n) is 1.01. The van der Waals surface area contributed by atoms with Crippen LogP contribution in [0.3, 0.4) is 0 Å². The van der Waals surface area contributed by atoms with Crippen molar-refractivity contribution in [2.45, 2.75) is 13.3 Å². The minimum atomic E-state index is -0.190. The molecule has 4 heteroatoms. The lowest BCUT2D eigenvalue weighted by Crippen LogP contribution is -2.15. The first-order chi connectivity index (χ1) is 5.74. The van der Waals surface area contributed by atoms with Gasteiger partial charge in [-0.1, -0.05) is 6.92 Å². The molecule has 0 aliphatic heterocycles. The second-order valence-electron chi connectivity index (χ2n) is 2.71. The predicted molar refractivity (Wildman–Crippen MR) is 43.5 cm³/mol. The van der Waals surface area contributed by atoms with Crippen molar-refractivity contribution in [3.05, 3.63) is 18.2 Å². The second-order valence-corrected chi connectivity index (χ2v) is 2.71. The number of rotatable bonds is 3. The smallest absolute Gasteiger partial charge is 0.308 e. The first kappa shape index (κ1) is 8.77. The van der Waals surface area contributed by atoms with Crippen LogP contribution < -0.4 is 0 Å². The fourth-order valence-corrected chi connectivity index (χ4v) is 1.01. The Bertz CT molecular complexity index is 244. The number of nitrogens with one attached hydrogen (secondary N) is 1. The Morgan fingerprint density at radius 1 is 1.83 bits per heavy atom. The molecular weight excluding hydrogens is 156 g/mol. The Labute approximate surface area is 71.0 Å². The van der Waals surface area contributed by atoms with E-state index in [4.69, 9.17) is 0 Å². The van der Waals surface area contributed by atoms with E-state index in [1.165, 1.54) is 7.11 Å². The quantitative estimate of drug-likeness (QED) is 0.678. The number of carbonyl (C=O) groups excluding carboxylic acids is 1. The van der Waals surface area contributed by atoms with Crippen molar-refractivity contribution in [2.75, 3.05) is 7.11 Å². The lowest BCUT2D eigenvalue weighted by molar-refractivity contribution is -0.144. The SMILES string of the molecule is COC(=O)[C@H](C)Cc1cnc[nH]1. The molecule has 12 heavy (non-hydrogen) atoms. The van der Waals surface area contributed by atoms with Gasteiger partial charge in [0.25, 0.3) is 0 Å². The maximum Gasteiger partial charge on any atom is 0.308 e. The highest BCUT2D eigenvalue weighted by Crippen LogP contribution is 2.05. The van der Waals surface area contributed by atoms with Gasteiger partial charge in [0.15, 0.2) is 0 Å². The van der Waals surface area contributed by atoms with Gasteiger partial charge in [0, 0.05) is 18.3 Å². The molecule has 0 aliphatic carbocycles. The Kier molecular flexibility index (Phi) is 2.85. The topological polar surface area (TPSA) is 55.0 Å². The molecule has 0 amide bonds. The van der Waals surface area contributed by atoms with Crippen LogP contribution in [0.5, 0.6) is 0 Å². The summed E-state index contributed by atoms with van der Waals surface area (Å²) in [5.74, 6) is -0.306. The highest BCUT2D eigenvalue weighted by atomic mass is 16.5. The summed E-state index contributed by atoms with van der Waals surface area (Å²) in [6.07, 6.45) is 3.95. The van der Waals surface area contributed by atoms with Gasteiger partial charge >= 0.3 is 5.97 Å². The van der Waals surface area contributed by atoms with E-state index in [9.17, 15) is 4.79 Å². The number of imidazole rings is 1. The number of esters is 1. The largest absolute Gasteiger partial charge is 0.469 e. The molecule has 1 N–H and O–H groups in total. The Hall–Kier alpha value is -1.32. The first-order valence-electron chi connectivity index (χ1n) is 3.79. The van der Waals surface area contributed by atoms with Gasteiger partial charge in [-0.2, -0.15) is 0 Å². The lowest BCUT2D eigenvalue weighted by Gasteiger charge is -2.06. The molecule has 66 valence electrons. The summed E-state index contributed by atoms with van der Waals surface area (Å²) in [7, 11) is 1.39. The van der Waals surface area contributed by atoms with E-state index in [2.05, 4.69) is 14.7 Å². The fraction of sp³-hybridized carbons (Fsp3) is 0.500. The third-order valence-corrected chi connectivity index (χ3v) is 1.68. The second kappa shape index (κ2) is 3.90. The molecule has 1 aromatic rings. The molecule has 1 heterocycles. The van der Waals surface area contributed by atoms with Crippen LogP contribution in [0.2, 0.25) is 0 Å². The van der Waals surface area contributed by atoms with Crippen molar-refractivity contribution >= 4 is 5.97 Å². The van der Waals surface area contributed by atoms with Crippen LogP contribution in [0.4, 0.5) is 0 Å². The van der Waals surface area contributed by atoms with Gasteiger partial charge in [0.05, 0.1) is 19.4 Å². The molecule has 0 fully saturated rings. The molecule has 0 bridgehead atoms. The highest BCUT2D eigenvalue weighted by Gasteiger charge is 2.13. The zero-order valence-electron chi connectivity index (χ0n) is 7.20. The summed E-state index contributed by atoms with van der Waals surface area (Å²) in [5.41, 5.74) is 0.952. The normalized spacial score (nSPS) is 12.5. The maximum atomic E-state index is 11.0. The van der Waals surface area contributed by atoms with E-state index in [1.54, 1.807) is 12.5 Å². The molecule has 0 spiro atoms.